The Morgan fingerprint density at radius 3 is 2.56 bits per heavy atom. The number of halogens is 2. The molecule has 0 N–H and O–H groups in total. The average molecular weight is 284 g/mol. The summed E-state index contributed by atoms with van der Waals surface area (Å²) in [6.45, 7) is 3.97. The van der Waals surface area contributed by atoms with Crippen LogP contribution in [-0.4, -0.2) is 15.0 Å². The first-order chi connectivity index (χ1) is 8.54. The number of rotatable bonds is 3. The Hall–Kier alpha value is -1.39. The molecule has 0 aliphatic carbocycles. The van der Waals surface area contributed by atoms with Crippen LogP contribution in [0.1, 0.15) is 25.6 Å². The van der Waals surface area contributed by atoms with Crippen LogP contribution in [0.2, 0.25) is 10.2 Å². The summed E-state index contributed by atoms with van der Waals surface area (Å²) in [4.78, 5) is 12.3. The molecular weight excluding hydrogens is 273 g/mol. The second-order valence-electron chi connectivity index (χ2n) is 3.98. The van der Waals surface area contributed by atoms with Crippen LogP contribution >= 0.6 is 23.2 Å². The maximum Gasteiger partial charge on any atom is 0.224 e. The predicted octanol–water partition coefficient (Wildman–Crippen LogP) is 4.09. The van der Waals surface area contributed by atoms with E-state index >= 15 is 0 Å². The fraction of sp³-hybridized carbons (Fsp3) is 0.250. The molecule has 0 spiro atoms. The highest BCUT2D eigenvalue weighted by molar-refractivity contribution is 6.30. The highest BCUT2D eigenvalue weighted by Crippen LogP contribution is 2.24. The van der Waals surface area contributed by atoms with Gasteiger partial charge in [0.1, 0.15) is 16.7 Å². The zero-order valence-electron chi connectivity index (χ0n) is 9.89. The SMILES string of the molecule is CC(C)c1nc(Cl)cc(Oc2cncc(Cl)c2)n1. The molecule has 2 aromatic heterocycles. The molecule has 0 radical (unpaired) electrons. The molecule has 2 heterocycles. The van der Waals surface area contributed by atoms with Crippen molar-refractivity contribution in [1.82, 2.24) is 15.0 Å². The van der Waals surface area contributed by atoms with Crippen LogP contribution in [-0.2, 0) is 0 Å². The van der Waals surface area contributed by atoms with E-state index in [-0.39, 0.29) is 5.92 Å². The first-order valence-electron chi connectivity index (χ1n) is 5.37. The summed E-state index contributed by atoms with van der Waals surface area (Å²) in [5.41, 5.74) is 0. The fourth-order valence-corrected chi connectivity index (χ4v) is 1.64. The molecular formula is C12H11Cl2N3O. The summed E-state index contributed by atoms with van der Waals surface area (Å²) < 4.78 is 5.55. The molecule has 0 atom stereocenters. The van der Waals surface area contributed by atoms with E-state index in [1.807, 2.05) is 13.8 Å². The Kier molecular flexibility index (Phi) is 3.99. The first kappa shape index (κ1) is 13.1. The number of ether oxygens (including phenoxy) is 1. The van der Waals surface area contributed by atoms with Gasteiger partial charge in [-0.3, -0.25) is 4.98 Å². The molecule has 0 aliphatic heterocycles. The summed E-state index contributed by atoms with van der Waals surface area (Å²) in [6, 6.07) is 3.20. The van der Waals surface area contributed by atoms with Crippen LogP contribution in [0.25, 0.3) is 0 Å². The van der Waals surface area contributed by atoms with Gasteiger partial charge in [0.2, 0.25) is 5.88 Å². The third-order valence-electron chi connectivity index (χ3n) is 2.11. The molecule has 0 unspecified atom stereocenters. The second kappa shape index (κ2) is 5.50. The van der Waals surface area contributed by atoms with Crippen LogP contribution in [0, 0.1) is 0 Å². The van der Waals surface area contributed by atoms with E-state index in [1.165, 1.54) is 6.20 Å². The molecule has 0 aromatic carbocycles. The van der Waals surface area contributed by atoms with Crippen LogP contribution in [0.5, 0.6) is 11.6 Å². The van der Waals surface area contributed by atoms with E-state index < -0.39 is 0 Å². The van der Waals surface area contributed by atoms with Gasteiger partial charge in [-0.2, -0.15) is 4.98 Å². The topological polar surface area (TPSA) is 47.9 Å². The average Bonchev–Trinajstić information content (AvgIpc) is 2.28. The molecule has 0 fully saturated rings. The van der Waals surface area contributed by atoms with Gasteiger partial charge < -0.3 is 4.74 Å². The quantitative estimate of drug-likeness (QED) is 0.796. The molecule has 18 heavy (non-hydrogen) atoms. The Balaban J connectivity index is 2.29. The zero-order valence-corrected chi connectivity index (χ0v) is 11.4. The van der Waals surface area contributed by atoms with Gasteiger partial charge in [0, 0.05) is 24.2 Å². The Morgan fingerprint density at radius 1 is 1.11 bits per heavy atom. The summed E-state index contributed by atoms with van der Waals surface area (Å²) >= 11 is 11.7. The fourth-order valence-electron chi connectivity index (χ4n) is 1.29. The molecule has 6 heteroatoms. The van der Waals surface area contributed by atoms with Gasteiger partial charge in [-0.1, -0.05) is 37.0 Å². The number of aromatic nitrogens is 3. The summed E-state index contributed by atoms with van der Waals surface area (Å²) in [7, 11) is 0. The van der Waals surface area contributed by atoms with Crippen molar-refractivity contribution in [1.29, 1.82) is 0 Å². The minimum absolute atomic E-state index is 0.170. The van der Waals surface area contributed by atoms with E-state index in [0.29, 0.717) is 27.6 Å². The van der Waals surface area contributed by atoms with Crippen molar-refractivity contribution >= 4 is 23.2 Å². The zero-order chi connectivity index (χ0) is 13.1. The van der Waals surface area contributed by atoms with Crippen molar-refractivity contribution in [3.8, 4) is 11.6 Å². The molecule has 0 amide bonds. The van der Waals surface area contributed by atoms with Crippen molar-refractivity contribution < 1.29 is 4.74 Å². The summed E-state index contributed by atoms with van der Waals surface area (Å²) in [6.07, 6.45) is 3.08. The molecule has 94 valence electrons. The highest BCUT2D eigenvalue weighted by Gasteiger charge is 2.09. The lowest BCUT2D eigenvalue weighted by Crippen LogP contribution is -1.99. The molecule has 0 aliphatic rings. The van der Waals surface area contributed by atoms with E-state index in [1.54, 1.807) is 18.3 Å². The molecule has 0 bridgehead atoms. The van der Waals surface area contributed by atoms with Gasteiger partial charge in [0.05, 0.1) is 11.2 Å². The van der Waals surface area contributed by atoms with Gasteiger partial charge in [-0.25, -0.2) is 4.98 Å². The standard InChI is InChI=1S/C12H11Cl2N3O/c1-7(2)12-16-10(14)4-11(17-12)18-9-3-8(13)5-15-6-9/h3-7H,1-2H3. The lowest BCUT2D eigenvalue weighted by Gasteiger charge is -2.08. The van der Waals surface area contributed by atoms with Crippen molar-refractivity contribution in [2.45, 2.75) is 19.8 Å². The maximum atomic E-state index is 5.92. The lowest BCUT2D eigenvalue weighted by molar-refractivity contribution is 0.455. The van der Waals surface area contributed by atoms with Gasteiger partial charge >= 0.3 is 0 Å². The largest absolute Gasteiger partial charge is 0.437 e. The van der Waals surface area contributed by atoms with Crippen LogP contribution in [0.15, 0.2) is 24.5 Å². The molecule has 0 saturated carbocycles. The van der Waals surface area contributed by atoms with E-state index in [4.69, 9.17) is 27.9 Å². The number of hydrogen-bond acceptors (Lipinski definition) is 4. The minimum atomic E-state index is 0.170. The molecule has 4 nitrogen and oxygen atoms in total. The Labute approximate surface area is 115 Å². The van der Waals surface area contributed by atoms with E-state index in [9.17, 15) is 0 Å². The van der Waals surface area contributed by atoms with Crippen molar-refractivity contribution in [2.75, 3.05) is 0 Å². The third kappa shape index (κ3) is 3.31. The molecule has 0 saturated heterocycles. The third-order valence-corrected chi connectivity index (χ3v) is 2.51. The second-order valence-corrected chi connectivity index (χ2v) is 4.81. The molecule has 2 rings (SSSR count). The highest BCUT2D eigenvalue weighted by atomic mass is 35.5. The predicted molar refractivity (Wildman–Crippen MR) is 70.5 cm³/mol. The monoisotopic (exact) mass is 283 g/mol. The number of pyridine rings is 1. The summed E-state index contributed by atoms with van der Waals surface area (Å²) in [5.74, 6) is 1.69. The van der Waals surface area contributed by atoms with Crippen LogP contribution in [0.3, 0.4) is 0 Å². The van der Waals surface area contributed by atoms with Crippen molar-refractivity contribution in [3.05, 3.63) is 40.5 Å². The first-order valence-corrected chi connectivity index (χ1v) is 6.13. The number of nitrogens with zero attached hydrogens (tertiary/aromatic N) is 3. The Morgan fingerprint density at radius 2 is 1.89 bits per heavy atom. The van der Waals surface area contributed by atoms with Crippen molar-refractivity contribution in [2.24, 2.45) is 0 Å². The normalized spacial score (nSPS) is 10.7. The smallest absolute Gasteiger partial charge is 0.224 e. The van der Waals surface area contributed by atoms with E-state index in [2.05, 4.69) is 15.0 Å². The summed E-state index contributed by atoms with van der Waals surface area (Å²) in [5, 5.41) is 0.843. The lowest BCUT2D eigenvalue weighted by atomic mass is 10.2. The minimum Gasteiger partial charge on any atom is -0.437 e. The van der Waals surface area contributed by atoms with Gasteiger partial charge in [0.15, 0.2) is 0 Å². The number of hydrogen-bond donors (Lipinski definition) is 0. The van der Waals surface area contributed by atoms with Crippen LogP contribution in [0.4, 0.5) is 0 Å². The van der Waals surface area contributed by atoms with Crippen molar-refractivity contribution in [3.63, 3.8) is 0 Å². The van der Waals surface area contributed by atoms with E-state index in [0.717, 1.165) is 0 Å². The maximum absolute atomic E-state index is 5.92. The van der Waals surface area contributed by atoms with Gasteiger partial charge in [-0.15, -0.1) is 0 Å². The van der Waals surface area contributed by atoms with Gasteiger partial charge in [-0.05, 0) is 0 Å². The van der Waals surface area contributed by atoms with Gasteiger partial charge in [0.25, 0.3) is 0 Å². The van der Waals surface area contributed by atoms with Crippen LogP contribution < -0.4 is 4.74 Å². The Bertz CT molecular complexity index is 561. The molecule has 2 aromatic rings.